The normalized spacial score (nSPS) is 9.81. The second kappa shape index (κ2) is 7.83. The molecule has 21 heavy (non-hydrogen) atoms. The number of rotatable bonds is 7. The molecule has 0 heterocycles. The maximum absolute atomic E-state index is 11.9. The van der Waals surface area contributed by atoms with E-state index in [0.717, 1.165) is 0 Å². The van der Waals surface area contributed by atoms with Crippen molar-refractivity contribution in [1.82, 2.24) is 10.6 Å². The number of carbonyl (C=O) groups excluding carboxylic acids is 2. The number of amides is 2. The van der Waals surface area contributed by atoms with Crippen LogP contribution in [0.5, 0.6) is 0 Å². The Morgan fingerprint density at radius 2 is 2.05 bits per heavy atom. The van der Waals surface area contributed by atoms with E-state index in [1.165, 1.54) is 25.2 Å². The number of hydrogen-bond acceptors (Lipinski definition) is 5. The Hall–Kier alpha value is -2.64. The van der Waals surface area contributed by atoms with Crippen LogP contribution in [0.25, 0.3) is 0 Å². The van der Waals surface area contributed by atoms with Gasteiger partial charge in [-0.1, -0.05) is 0 Å². The minimum absolute atomic E-state index is 0.0845. The Balaban J connectivity index is 2.78. The topological polar surface area (TPSA) is 113 Å². The highest BCUT2D eigenvalue weighted by molar-refractivity contribution is 5.96. The van der Waals surface area contributed by atoms with E-state index in [1.54, 1.807) is 6.92 Å². The van der Waals surface area contributed by atoms with E-state index in [4.69, 9.17) is 0 Å². The molecule has 0 aliphatic heterocycles. The van der Waals surface area contributed by atoms with Gasteiger partial charge in [0.2, 0.25) is 5.91 Å². The molecule has 1 aromatic rings. The van der Waals surface area contributed by atoms with Gasteiger partial charge in [0.15, 0.2) is 0 Å². The van der Waals surface area contributed by atoms with Gasteiger partial charge in [0, 0.05) is 38.2 Å². The molecule has 1 rings (SSSR count). The molecular formula is C13H18N4O4. The number of anilines is 1. The van der Waals surface area contributed by atoms with Crippen LogP contribution in [0.4, 0.5) is 11.4 Å². The number of nitro benzene ring substituents is 1. The highest BCUT2D eigenvalue weighted by Crippen LogP contribution is 2.25. The standard InChI is InChI=1S/C13H18N4O4/c1-3-15-10-8-9(4-5-11(10)17(20)21)13(19)16-7-6-12(18)14-2/h4-5,8,15H,3,6-7H2,1-2H3,(H,14,18)(H,16,19). The van der Waals surface area contributed by atoms with E-state index in [2.05, 4.69) is 16.0 Å². The first kappa shape index (κ1) is 16.4. The lowest BCUT2D eigenvalue weighted by Gasteiger charge is -2.08. The van der Waals surface area contributed by atoms with Crippen molar-refractivity contribution in [2.45, 2.75) is 13.3 Å². The molecule has 0 saturated heterocycles. The lowest BCUT2D eigenvalue weighted by atomic mass is 10.1. The van der Waals surface area contributed by atoms with Crippen molar-refractivity contribution in [3.05, 3.63) is 33.9 Å². The first-order chi connectivity index (χ1) is 9.99. The summed E-state index contributed by atoms with van der Waals surface area (Å²) in [6.45, 7) is 2.51. The molecule has 1 aromatic carbocycles. The molecule has 0 radical (unpaired) electrons. The maximum Gasteiger partial charge on any atom is 0.292 e. The van der Waals surface area contributed by atoms with Crippen molar-refractivity contribution >= 4 is 23.2 Å². The van der Waals surface area contributed by atoms with Crippen LogP contribution < -0.4 is 16.0 Å². The van der Waals surface area contributed by atoms with Crippen molar-refractivity contribution in [3.63, 3.8) is 0 Å². The first-order valence-electron chi connectivity index (χ1n) is 6.50. The lowest BCUT2D eigenvalue weighted by molar-refractivity contribution is -0.384. The van der Waals surface area contributed by atoms with Crippen LogP contribution in [0.1, 0.15) is 23.7 Å². The summed E-state index contributed by atoms with van der Waals surface area (Å²) in [4.78, 5) is 33.3. The summed E-state index contributed by atoms with van der Waals surface area (Å²) < 4.78 is 0. The lowest BCUT2D eigenvalue weighted by Crippen LogP contribution is -2.29. The monoisotopic (exact) mass is 294 g/mol. The first-order valence-corrected chi connectivity index (χ1v) is 6.50. The SMILES string of the molecule is CCNc1cc(C(=O)NCCC(=O)NC)ccc1[N+](=O)[O-]. The van der Waals surface area contributed by atoms with Crippen molar-refractivity contribution < 1.29 is 14.5 Å². The summed E-state index contributed by atoms with van der Waals surface area (Å²) in [5.41, 5.74) is 0.508. The summed E-state index contributed by atoms with van der Waals surface area (Å²) >= 11 is 0. The molecule has 0 aromatic heterocycles. The molecule has 8 heteroatoms. The molecular weight excluding hydrogens is 276 g/mol. The highest BCUT2D eigenvalue weighted by atomic mass is 16.6. The van der Waals surface area contributed by atoms with Gasteiger partial charge in [-0.3, -0.25) is 19.7 Å². The van der Waals surface area contributed by atoms with E-state index >= 15 is 0 Å². The van der Waals surface area contributed by atoms with Gasteiger partial charge >= 0.3 is 0 Å². The molecule has 0 spiro atoms. The third kappa shape index (κ3) is 4.75. The molecule has 2 amide bonds. The zero-order valence-corrected chi connectivity index (χ0v) is 11.9. The Kier molecular flexibility index (Phi) is 6.12. The predicted molar refractivity (Wildman–Crippen MR) is 78.3 cm³/mol. The molecule has 0 aliphatic carbocycles. The summed E-state index contributed by atoms with van der Waals surface area (Å²) in [6, 6.07) is 4.09. The summed E-state index contributed by atoms with van der Waals surface area (Å²) in [5.74, 6) is -0.555. The van der Waals surface area contributed by atoms with E-state index in [1.807, 2.05) is 0 Å². The number of carbonyl (C=O) groups is 2. The Bertz CT molecular complexity index is 545. The summed E-state index contributed by atoms with van der Waals surface area (Å²) in [7, 11) is 1.52. The van der Waals surface area contributed by atoms with Gasteiger partial charge in [0.05, 0.1) is 4.92 Å². The molecule has 0 bridgehead atoms. The molecule has 3 N–H and O–H groups in total. The van der Waals surface area contributed by atoms with E-state index in [0.29, 0.717) is 17.8 Å². The molecule has 0 atom stereocenters. The fraction of sp³-hybridized carbons (Fsp3) is 0.385. The van der Waals surface area contributed by atoms with Gasteiger partial charge in [-0.25, -0.2) is 0 Å². The van der Waals surface area contributed by atoms with Gasteiger partial charge in [0.1, 0.15) is 5.69 Å². The van der Waals surface area contributed by atoms with E-state index in [9.17, 15) is 19.7 Å². The zero-order chi connectivity index (χ0) is 15.8. The van der Waals surface area contributed by atoms with E-state index < -0.39 is 4.92 Å². The molecule has 0 aliphatic rings. The van der Waals surface area contributed by atoms with E-state index in [-0.39, 0.29) is 30.5 Å². The smallest absolute Gasteiger partial charge is 0.292 e. The predicted octanol–water partition coefficient (Wildman–Crippen LogP) is 0.892. The number of hydrogen-bond donors (Lipinski definition) is 3. The van der Waals surface area contributed by atoms with Gasteiger partial charge in [-0.15, -0.1) is 0 Å². The van der Waals surface area contributed by atoms with Crippen LogP contribution >= 0.6 is 0 Å². The Labute approximate surface area is 122 Å². The van der Waals surface area contributed by atoms with Gasteiger partial charge in [-0.2, -0.15) is 0 Å². The van der Waals surface area contributed by atoms with Crippen LogP contribution in [-0.2, 0) is 4.79 Å². The van der Waals surface area contributed by atoms with Crippen LogP contribution in [0.2, 0.25) is 0 Å². The number of nitro groups is 1. The average molecular weight is 294 g/mol. The van der Waals surface area contributed by atoms with Crippen molar-refractivity contribution in [1.29, 1.82) is 0 Å². The van der Waals surface area contributed by atoms with Crippen LogP contribution in [0.3, 0.4) is 0 Å². The second-order valence-electron chi connectivity index (χ2n) is 4.20. The molecule has 114 valence electrons. The minimum Gasteiger partial charge on any atom is -0.380 e. The third-order valence-corrected chi connectivity index (χ3v) is 2.74. The van der Waals surface area contributed by atoms with Crippen LogP contribution in [0.15, 0.2) is 18.2 Å². The zero-order valence-electron chi connectivity index (χ0n) is 11.9. The van der Waals surface area contributed by atoms with Crippen molar-refractivity contribution in [3.8, 4) is 0 Å². The van der Waals surface area contributed by atoms with Crippen molar-refractivity contribution in [2.24, 2.45) is 0 Å². The third-order valence-electron chi connectivity index (χ3n) is 2.74. The second-order valence-corrected chi connectivity index (χ2v) is 4.20. The Morgan fingerprint density at radius 1 is 1.33 bits per heavy atom. The largest absolute Gasteiger partial charge is 0.380 e. The van der Waals surface area contributed by atoms with Crippen LogP contribution in [-0.4, -0.2) is 36.9 Å². The average Bonchev–Trinajstić information content (AvgIpc) is 2.46. The number of nitrogens with one attached hydrogen (secondary N) is 3. The fourth-order valence-corrected chi connectivity index (χ4v) is 1.69. The molecule has 8 nitrogen and oxygen atoms in total. The van der Waals surface area contributed by atoms with Gasteiger partial charge in [0.25, 0.3) is 11.6 Å². The van der Waals surface area contributed by atoms with Crippen LogP contribution in [0, 0.1) is 10.1 Å². The van der Waals surface area contributed by atoms with Gasteiger partial charge < -0.3 is 16.0 Å². The molecule has 0 saturated carbocycles. The minimum atomic E-state index is -0.509. The summed E-state index contributed by atoms with van der Waals surface area (Å²) in [6.07, 6.45) is 0.176. The Morgan fingerprint density at radius 3 is 2.62 bits per heavy atom. The maximum atomic E-state index is 11.9. The molecule has 0 fully saturated rings. The number of benzene rings is 1. The van der Waals surface area contributed by atoms with Gasteiger partial charge in [-0.05, 0) is 19.1 Å². The number of nitrogens with zero attached hydrogens (tertiary/aromatic N) is 1. The summed E-state index contributed by atoms with van der Waals surface area (Å²) in [5, 5.41) is 18.8. The highest BCUT2D eigenvalue weighted by Gasteiger charge is 2.16. The molecule has 0 unspecified atom stereocenters. The fourth-order valence-electron chi connectivity index (χ4n) is 1.69. The van der Waals surface area contributed by atoms with Crippen molar-refractivity contribution in [2.75, 3.05) is 25.5 Å². The quantitative estimate of drug-likeness (QED) is 0.510.